The van der Waals surface area contributed by atoms with E-state index in [0.717, 1.165) is 10.0 Å². The van der Waals surface area contributed by atoms with E-state index in [2.05, 4.69) is 26.6 Å². The molecule has 9 heteroatoms. The van der Waals surface area contributed by atoms with E-state index in [-0.39, 0.29) is 31.0 Å². The number of nitrogens with one attached hydrogen (secondary N) is 2. The number of carbonyl (C=O) groups is 2. The molecule has 2 aromatic carbocycles. The fourth-order valence-electron chi connectivity index (χ4n) is 2.56. The summed E-state index contributed by atoms with van der Waals surface area (Å²) >= 11 is 3.35. The molecule has 1 amide bonds. The zero-order valence-electron chi connectivity index (χ0n) is 15.2. The van der Waals surface area contributed by atoms with Gasteiger partial charge in [0.2, 0.25) is 5.91 Å². The largest absolute Gasteiger partial charge is 0.469 e. The van der Waals surface area contributed by atoms with Gasteiger partial charge < -0.3 is 15.4 Å². The van der Waals surface area contributed by atoms with E-state index < -0.39 is 16.9 Å². The maximum atomic E-state index is 12.3. The van der Waals surface area contributed by atoms with Crippen molar-refractivity contribution < 1.29 is 19.2 Å². The quantitative estimate of drug-likeness (QED) is 0.343. The Labute approximate surface area is 170 Å². The molecule has 0 radical (unpaired) electrons. The summed E-state index contributed by atoms with van der Waals surface area (Å²) in [5.74, 6) is -0.728. The first-order chi connectivity index (χ1) is 13.4. The highest BCUT2D eigenvalue weighted by Gasteiger charge is 2.19. The maximum Gasteiger partial charge on any atom is 0.307 e. The molecule has 2 N–H and O–H groups in total. The van der Waals surface area contributed by atoms with E-state index in [1.807, 2.05) is 24.3 Å². The molecule has 0 saturated heterocycles. The summed E-state index contributed by atoms with van der Waals surface area (Å²) in [6.07, 6.45) is 0.0850. The van der Waals surface area contributed by atoms with Crippen LogP contribution in [0.2, 0.25) is 0 Å². The van der Waals surface area contributed by atoms with Gasteiger partial charge >= 0.3 is 5.97 Å². The van der Waals surface area contributed by atoms with Crippen molar-refractivity contribution >= 4 is 39.2 Å². The molecule has 0 spiro atoms. The number of benzene rings is 2. The molecule has 0 fully saturated rings. The lowest BCUT2D eigenvalue weighted by molar-refractivity contribution is -0.384. The third-order valence-corrected chi connectivity index (χ3v) is 4.50. The van der Waals surface area contributed by atoms with Gasteiger partial charge in [0.25, 0.3) is 5.69 Å². The number of para-hydroxylation sites is 2. The molecular weight excluding hydrogens is 430 g/mol. The zero-order chi connectivity index (χ0) is 20.5. The number of amides is 1. The number of methoxy groups -OCH3 is 1. The van der Waals surface area contributed by atoms with Crippen molar-refractivity contribution in [3.05, 3.63) is 68.7 Å². The normalized spacial score (nSPS) is 11.4. The number of hydrogen-bond acceptors (Lipinski definition) is 6. The molecule has 1 unspecified atom stereocenters. The third kappa shape index (κ3) is 6.34. The van der Waals surface area contributed by atoms with Crippen LogP contribution in [-0.4, -0.2) is 30.5 Å². The summed E-state index contributed by atoms with van der Waals surface area (Å²) in [6.45, 7) is 0.210. The van der Waals surface area contributed by atoms with Crippen LogP contribution in [0.3, 0.4) is 0 Å². The maximum absolute atomic E-state index is 12.3. The molecule has 2 rings (SSSR count). The lowest BCUT2D eigenvalue weighted by Crippen LogP contribution is -2.31. The van der Waals surface area contributed by atoms with E-state index in [0.29, 0.717) is 5.69 Å². The van der Waals surface area contributed by atoms with Crippen molar-refractivity contribution in [2.45, 2.75) is 18.9 Å². The van der Waals surface area contributed by atoms with E-state index in [9.17, 15) is 19.7 Å². The summed E-state index contributed by atoms with van der Waals surface area (Å²) in [5.41, 5.74) is 1.06. The molecule has 1 atom stereocenters. The van der Waals surface area contributed by atoms with E-state index in [4.69, 9.17) is 4.74 Å². The molecule has 0 bridgehead atoms. The van der Waals surface area contributed by atoms with Crippen LogP contribution in [0.5, 0.6) is 0 Å². The number of esters is 1. The minimum atomic E-state index is -0.529. The number of ether oxygens (including phenoxy) is 1. The number of nitro benzene ring substituents is 1. The Hall–Kier alpha value is -2.94. The average Bonchev–Trinajstić information content (AvgIpc) is 2.68. The predicted octanol–water partition coefficient (Wildman–Crippen LogP) is 3.58. The topological polar surface area (TPSA) is 111 Å². The standard InChI is InChI=1S/C19H20BrN3O5/c1-28-19(25)12-16(13-6-8-14(20)9-7-13)22-18(24)10-11-21-15-4-2-3-5-17(15)23(26)27/h2-9,16,21H,10-12H2,1H3,(H,22,24). The number of rotatable bonds is 9. The Morgan fingerprint density at radius 2 is 1.86 bits per heavy atom. The number of halogens is 1. The fourth-order valence-corrected chi connectivity index (χ4v) is 2.82. The Bertz CT molecular complexity index is 842. The molecule has 0 aliphatic carbocycles. The minimum absolute atomic E-state index is 0.00145. The highest BCUT2D eigenvalue weighted by Crippen LogP contribution is 2.23. The molecule has 0 heterocycles. The molecule has 2 aromatic rings. The van der Waals surface area contributed by atoms with Gasteiger partial charge in [-0.2, -0.15) is 0 Å². The van der Waals surface area contributed by atoms with Crippen molar-refractivity contribution in [3.63, 3.8) is 0 Å². The Morgan fingerprint density at radius 3 is 2.50 bits per heavy atom. The highest BCUT2D eigenvalue weighted by atomic mass is 79.9. The van der Waals surface area contributed by atoms with Crippen molar-refractivity contribution in [2.24, 2.45) is 0 Å². The Kier molecular flexibility index (Phi) is 7.94. The van der Waals surface area contributed by atoms with Gasteiger partial charge in [-0.05, 0) is 23.8 Å². The van der Waals surface area contributed by atoms with E-state index in [1.165, 1.54) is 13.2 Å². The van der Waals surface area contributed by atoms with Gasteiger partial charge in [0.1, 0.15) is 5.69 Å². The number of carbonyl (C=O) groups excluding carboxylic acids is 2. The van der Waals surface area contributed by atoms with Gasteiger partial charge in [-0.3, -0.25) is 19.7 Å². The van der Waals surface area contributed by atoms with E-state index in [1.54, 1.807) is 18.2 Å². The lowest BCUT2D eigenvalue weighted by Gasteiger charge is -2.18. The van der Waals surface area contributed by atoms with Gasteiger partial charge in [0.05, 0.1) is 24.5 Å². The number of nitrogens with zero attached hydrogens (tertiary/aromatic N) is 1. The Balaban J connectivity index is 1.97. The van der Waals surface area contributed by atoms with Crippen LogP contribution in [0.1, 0.15) is 24.4 Å². The van der Waals surface area contributed by atoms with Gasteiger partial charge in [-0.15, -0.1) is 0 Å². The summed E-state index contributed by atoms with van der Waals surface area (Å²) < 4.78 is 5.59. The monoisotopic (exact) mass is 449 g/mol. The molecule has 0 aliphatic rings. The van der Waals surface area contributed by atoms with Gasteiger partial charge in [-0.1, -0.05) is 40.2 Å². The molecule has 0 saturated carbocycles. The second-order valence-corrected chi connectivity index (χ2v) is 6.82. The van der Waals surface area contributed by atoms with Crippen molar-refractivity contribution in [2.75, 3.05) is 19.0 Å². The first kappa shape index (κ1) is 21.4. The van der Waals surface area contributed by atoms with Crippen LogP contribution in [0.4, 0.5) is 11.4 Å². The van der Waals surface area contributed by atoms with Crippen molar-refractivity contribution in [1.82, 2.24) is 5.32 Å². The lowest BCUT2D eigenvalue weighted by atomic mass is 10.0. The number of hydrogen-bond donors (Lipinski definition) is 2. The van der Waals surface area contributed by atoms with Crippen LogP contribution in [-0.2, 0) is 14.3 Å². The zero-order valence-corrected chi connectivity index (χ0v) is 16.8. The van der Waals surface area contributed by atoms with Crippen LogP contribution in [0.15, 0.2) is 53.0 Å². The molecule has 28 heavy (non-hydrogen) atoms. The molecule has 0 aromatic heterocycles. The number of nitro groups is 1. The van der Waals surface area contributed by atoms with Crippen LogP contribution >= 0.6 is 15.9 Å². The van der Waals surface area contributed by atoms with Crippen molar-refractivity contribution in [3.8, 4) is 0 Å². The van der Waals surface area contributed by atoms with Gasteiger partial charge in [0, 0.05) is 23.5 Å². The molecule has 148 valence electrons. The highest BCUT2D eigenvalue weighted by molar-refractivity contribution is 9.10. The van der Waals surface area contributed by atoms with E-state index >= 15 is 0 Å². The summed E-state index contributed by atoms with van der Waals surface area (Å²) in [7, 11) is 1.29. The second-order valence-electron chi connectivity index (χ2n) is 5.90. The summed E-state index contributed by atoms with van der Waals surface area (Å²) in [6, 6.07) is 13.0. The summed E-state index contributed by atoms with van der Waals surface area (Å²) in [5, 5.41) is 16.7. The van der Waals surface area contributed by atoms with Gasteiger partial charge in [-0.25, -0.2) is 0 Å². The smallest absolute Gasteiger partial charge is 0.307 e. The molecular formula is C19H20BrN3O5. The number of anilines is 1. The molecule has 0 aliphatic heterocycles. The minimum Gasteiger partial charge on any atom is -0.469 e. The SMILES string of the molecule is COC(=O)CC(NC(=O)CCNc1ccccc1[N+](=O)[O-])c1ccc(Br)cc1. The van der Waals surface area contributed by atoms with Gasteiger partial charge in [0.15, 0.2) is 0 Å². The van der Waals surface area contributed by atoms with Crippen LogP contribution in [0.25, 0.3) is 0 Å². The summed E-state index contributed by atoms with van der Waals surface area (Å²) in [4.78, 5) is 34.5. The average molecular weight is 450 g/mol. The third-order valence-electron chi connectivity index (χ3n) is 3.97. The first-order valence-corrected chi connectivity index (χ1v) is 9.29. The van der Waals surface area contributed by atoms with Crippen LogP contribution < -0.4 is 10.6 Å². The predicted molar refractivity (Wildman–Crippen MR) is 108 cm³/mol. The fraction of sp³-hybridized carbons (Fsp3) is 0.263. The Morgan fingerprint density at radius 1 is 1.18 bits per heavy atom. The van der Waals surface area contributed by atoms with Crippen molar-refractivity contribution in [1.29, 1.82) is 0 Å². The second kappa shape index (κ2) is 10.4. The van der Waals surface area contributed by atoms with Crippen LogP contribution in [0, 0.1) is 10.1 Å². The first-order valence-electron chi connectivity index (χ1n) is 8.49. The molecule has 8 nitrogen and oxygen atoms in total.